The number of carbonyl (C=O) groups excluding carboxylic acids is 1. The number of rotatable bonds is 7. The Kier molecular flexibility index (Phi) is 5.93. The first-order chi connectivity index (χ1) is 12.6. The van der Waals surface area contributed by atoms with Crippen LogP contribution in [0, 0.1) is 0 Å². The predicted molar refractivity (Wildman–Crippen MR) is 106 cm³/mol. The van der Waals surface area contributed by atoms with Crippen molar-refractivity contribution in [1.82, 2.24) is 19.9 Å². The molecular formula is C20H24N4OS. The quantitative estimate of drug-likeness (QED) is 0.633. The molecule has 0 saturated heterocycles. The third-order valence-corrected chi connectivity index (χ3v) is 5.47. The number of aromatic amines is 1. The Hall–Kier alpha value is -2.34. The average molecular weight is 369 g/mol. The van der Waals surface area contributed by atoms with Gasteiger partial charge < -0.3 is 9.88 Å². The molecule has 3 aromatic rings. The minimum atomic E-state index is -0.179. The van der Waals surface area contributed by atoms with E-state index in [1.165, 1.54) is 11.8 Å². The minimum absolute atomic E-state index is 0.134. The molecule has 2 aromatic heterocycles. The van der Waals surface area contributed by atoms with Crippen molar-refractivity contribution in [3.63, 3.8) is 0 Å². The summed E-state index contributed by atoms with van der Waals surface area (Å²) in [7, 11) is 0. The van der Waals surface area contributed by atoms with Gasteiger partial charge in [0.1, 0.15) is 0 Å². The van der Waals surface area contributed by atoms with E-state index >= 15 is 0 Å². The molecule has 0 bridgehead atoms. The van der Waals surface area contributed by atoms with E-state index in [1.54, 1.807) is 6.20 Å². The summed E-state index contributed by atoms with van der Waals surface area (Å²) in [4.78, 5) is 27.1. The van der Waals surface area contributed by atoms with E-state index in [-0.39, 0.29) is 17.2 Å². The molecule has 0 spiro atoms. The van der Waals surface area contributed by atoms with E-state index < -0.39 is 0 Å². The van der Waals surface area contributed by atoms with Crippen LogP contribution < -0.4 is 0 Å². The van der Waals surface area contributed by atoms with Gasteiger partial charge in [-0.3, -0.25) is 4.79 Å². The number of carbonyl (C=O) groups is 1. The van der Waals surface area contributed by atoms with Crippen molar-refractivity contribution in [1.29, 1.82) is 0 Å². The molecule has 0 unspecified atom stereocenters. The Bertz CT molecular complexity index is 829. The highest BCUT2D eigenvalue weighted by atomic mass is 32.2. The zero-order chi connectivity index (χ0) is 18.5. The second-order valence-corrected chi connectivity index (χ2v) is 7.67. The lowest BCUT2D eigenvalue weighted by Gasteiger charge is -2.30. The monoisotopic (exact) mass is 368 g/mol. The van der Waals surface area contributed by atoms with Gasteiger partial charge in [0.25, 0.3) is 0 Å². The summed E-state index contributed by atoms with van der Waals surface area (Å²) in [6.45, 7) is 6.78. The molecule has 0 fully saturated rings. The van der Waals surface area contributed by atoms with Gasteiger partial charge in [-0.25, -0.2) is 9.97 Å². The number of hydrogen-bond donors (Lipinski definition) is 1. The van der Waals surface area contributed by atoms with Gasteiger partial charge in [0, 0.05) is 18.8 Å². The van der Waals surface area contributed by atoms with Crippen LogP contribution >= 0.6 is 11.8 Å². The standard InChI is InChI=1S/C20H24N4OS/c1-4-17(26-20-22-16-11-8-12-21-18(16)23-20)19(25)24(14(2)3)13-15-9-6-5-7-10-15/h5-12,14,17H,4,13H2,1-3H3,(H,21,22,23)/t17-/m0/s1. The third kappa shape index (κ3) is 4.25. The normalized spacial score (nSPS) is 12.5. The second kappa shape index (κ2) is 8.36. The molecular weight excluding hydrogens is 344 g/mol. The highest BCUT2D eigenvalue weighted by Gasteiger charge is 2.27. The lowest BCUT2D eigenvalue weighted by Crippen LogP contribution is -2.41. The van der Waals surface area contributed by atoms with Gasteiger partial charge in [0.15, 0.2) is 10.8 Å². The molecule has 1 N–H and O–H groups in total. The molecule has 26 heavy (non-hydrogen) atoms. The molecule has 1 atom stereocenters. The van der Waals surface area contributed by atoms with Gasteiger partial charge in [-0.2, -0.15) is 0 Å². The zero-order valence-electron chi connectivity index (χ0n) is 15.3. The number of nitrogens with zero attached hydrogens (tertiary/aromatic N) is 3. The van der Waals surface area contributed by atoms with Gasteiger partial charge in [0.2, 0.25) is 5.91 Å². The Morgan fingerprint density at radius 3 is 2.62 bits per heavy atom. The van der Waals surface area contributed by atoms with E-state index in [4.69, 9.17) is 0 Å². The van der Waals surface area contributed by atoms with Crippen LogP contribution in [0.4, 0.5) is 0 Å². The third-order valence-electron chi connectivity index (χ3n) is 4.24. The van der Waals surface area contributed by atoms with Crippen LogP contribution in [0.1, 0.15) is 32.8 Å². The molecule has 0 aliphatic rings. The predicted octanol–water partition coefficient (Wildman–Crippen LogP) is 4.27. The van der Waals surface area contributed by atoms with Crippen LogP contribution in [0.25, 0.3) is 11.2 Å². The Morgan fingerprint density at radius 2 is 1.96 bits per heavy atom. The lowest BCUT2D eigenvalue weighted by molar-refractivity contribution is -0.133. The van der Waals surface area contributed by atoms with Crippen molar-refractivity contribution in [2.75, 3.05) is 0 Å². The van der Waals surface area contributed by atoms with Crippen LogP contribution in [-0.2, 0) is 11.3 Å². The molecule has 5 nitrogen and oxygen atoms in total. The second-order valence-electron chi connectivity index (χ2n) is 6.48. The number of benzene rings is 1. The van der Waals surface area contributed by atoms with E-state index in [9.17, 15) is 4.79 Å². The summed E-state index contributed by atoms with van der Waals surface area (Å²) in [5, 5.41) is 0.559. The van der Waals surface area contributed by atoms with Crippen LogP contribution in [0.15, 0.2) is 53.8 Å². The van der Waals surface area contributed by atoms with Gasteiger partial charge in [-0.15, -0.1) is 0 Å². The molecule has 6 heteroatoms. The molecule has 0 radical (unpaired) electrons. The molecule has 1 amide bonds. The fourth-order valence-electron chi connectivity index (χ4n) is 2.80. The SMILES string of the molecule is CC[C@H](Sc1nc2ncccc2[nH]1)C(=O)N(Cc1ccccc1)C(C)C. The van der Waals surface area contributed by atoms with Crippen molar-refractivity contribution >= 4 is 28.8 Å². The summed E-state index contributed by atoms with van der Waals surface area (Å²) in [5.41, 5.74) is 2.71. The van der Waals surface area contributed by atoms with Crippen LogP contribution in [0.3, 0.4) is 0 Å². The number of imidazole rings is 1. The first-order valence-electron chi connectivity index (χ1n) is 8.90. The van der Waals surface area contributed by atoms with E-state index in [0.717, 1.165) is 22.7 Å². The fourth-order valence-corrected chi connectivity index (χ4v) is 3.78. The van der Waals surface area contributed by atoms with Gasteiger partial charge in [-0.05, 0) is 38.0 Å². The highest BCUT2D eigenvalue weighted by Crippen LogP contribution is 2.27. The van der Waals surface area contributed by atoms with E-state index in [0.29, 0.717) is 12.2 Å². The summed E-state index contributed by atoms with van der Waals surface area (Å²) in [6, 6.07) is 14.1. The summed E-state index contributed by atoms with van der Waals surface area (Å²) < 4.78 is 0. The molecule has 0 aliphatic heterocycles. The molecule has 2 heterocycles. The Morgan fingerprint density at radius 1 is 1.19 bits per heavy atom. The number of fused-ring (bicyclic) bond motifs is 1. The molecule has 0 aliphatic carbocycles. The molecule has 136 valence electrons. The van der Waals surface area contributed by atoms with Crippen molar-refractivity contribution in [3.05, 3.63) is 54.2 Å². The van der Waals surface area contributed by atoms with E-state index in [1.807, 2.05) is 42.2 Å². The van der Waals surface area contributed by atoms with Gasteiger partial charge in [0.05, 0.1) is 10.8 Å². The summed E-state index contributed by atoms with van der Waals surface area (Å²) in [5.74, 6) is 0.143. The van der Waals surface area contributed by atoms with Crippen molar-refractivity contribution in [2.24, 2.45) is 0 Å². The largest absolute Gasteiger partial charge is 0.335 e. The number of thioether (sulfide) groups is 1. The van der Waals surface area contributed by atoms with Crippen molar-refractivity contribution in [3.8, 4) is 0 Å². The van der Waals surface area contributed by atoms with Crippen LogP contribution in [-0.4, -0.2) is 37.1 Å². The fraction of sp³-hybridized carbons (Fsp3) is 0.350. The van der Waals surface area contributed by atoms with Crippen molar-refractivity contribution in [2.45, 2.75) is 50.2 Å². The summed E-state index contributed by atoms with van der Waals surface area (Å²) in [6.07, 6.45) is 2.46. The van der Waals surface area contributed by atoms with Crippen molar-refractivity contribution < 1.29 is 4.79 Å². The van der Waals surface area contributed by atoms with E-state index in [2.05, 4.69) is 40.9 Å². The maximum Gasteiger partial charge on any atom is 0.236 e. The Balaban J connectivity index is 1.77. The highest BCUT2D eigenvalue weighted by molar-refractivity contribution is 8.00. The first kappa shape index (κ1) is 18.5. The number of nitrogens with one attached hydrogen (secondary N) is 1. The number of H-pyrrole nitrogens is 1. The molecule has 1 aromatic carbocycles. The van der Waals surface area contributed by atoms with Crippen LogP contribution in [0.5, 0.6) is 0 Å². The Labute approximate surface area is 158 Å². The molecule has 0 saturated carbocycles. The maximum atomic E-state index is 13.2. The summed E-state index contributed by atoms with van der Waals surface area (Å²) >= 11 is 1.48. The number of amides is 1. The minimum Gasteiger partial charge on any atom is -0.335 e. The molecule has 3 rings (SSSR count). The average Bonchev–Trinajstić information content (AvgIpc) is 3.06. The number of hydrogen-bond acceptors (Lipinski definition) is 4. The topological polar surface area (TPSA) is 61.9 Å². The first-order valence-corrected chi connectivity index (χ1v) is 9.78. The maximum absolute atomic E-state index is 13.2. The van der Waals surface area contributed by atoms with Gasteiger partial charge >= 0.3 is 0 Å². The van der Waals surface area contributed by atoms with Crippen LogP contribution in [0.2, 0.25) is 0 Å². The van der Waals surface area contributed by atoms with Gasteiger partial charge in [-0.1, -0.05) is 49.0 Å². The lowest BCUT2D eigenvalue weighted by atomic mass is 10.1. The number of pyridine rings is 1. The zero-order valence-corrected chi connectivity index (χ0v) is 16.2. The number of aromatic nitrogens is 3. The smallest absolute Gasteiger partial charge is 0.236 e.